The van der Waals surface area contributed by atoms with Crippen molar-refractivity contribution >= 4 is 16.9 Å². The highest BCUT2D eigenvalue weighted by atomic mass is 16.4. The van der Waals surface area contributed by atoms with Gasteiger partial charge in [-0.25, -0.2) is 0 Å². The molecule has 0 spiro atoms. The first kappa shape index (κ1) is 10.5. The molecule has 0 fully saturated rings. The number of aryl methyl sites for hydroxylation is 2. The number of carboxylic acids is 1. The smallest absolute Gasteiger partial charge is 0.307 e. The zero-order chi connectivity index (χ0) is 11.9. The number of hydrogen-bond donors (Lipinski definition) is 2. The van der Waals surface area contributed by atoms with Gasteiger partial charge in [0.25, 0.3) is 0 Å². The van der Waals surface area contributed by atoms with Crippen LogP contribution in [-0.4, -0.2) is 16.2 Å². The fourth-order valence-corrected chi connectivity index (χ4v) is 1.84. The summed E-state index contributed by atoms with van der Waals surface area (Å²) in [4.78, 5) is 10.7. The lowest BCUT2D eigenvalue weighted by molar-refractivity contribution is -0.136. The Morgan fingerprint density at radius 1 is 1.44 bits per heavy atom. The second-order valence-corrected chi connectivity index (χ2v) is 3.88. The summed E-state index contributed by atoms with van der Waals surface area (Å²) in [6.07, 6.45) is 1.36. The monoisotopic (exact) mass is 220 g/mol. The number of phenols is 1. The van der Waals surface area contributed by atoms with Gasteiger partial charge in [-0.1, -0.05) is 0 Å². The molecule has 0 atom stereocenters. The number of aliphatic carboxylic acids is 1. The minimum atomic E-state index is -0.897. The molecule has 1 heterocycles. The van der Waals surface area contributed by atoms with Gasteiger partial charge in [0.2, 0.25) is 0 Å². The van der Waals surface area contributed by atoms with Gasteiger partial charge in [0.1, 0.15) is 11.3 Å². The van der Waals surface area contributed by atoms with Crippen LogP contribution in [-0.2, 0) is 11.2 Å². The molecule has 4 nitrogen and oxygen atoms in total. The van der Waals surface area contributed by atoms with Crippen LogP contribution in [0.2, 0.25) is 0 Å². The molecule has 0 aliphatic heterocycles. The van der Waals surface area contributed by atoms with Crippen LogP contribution in [0.5, 0.6) is 5.75 Å². The molecule has 0 unspecified atom stereocenters. The summed E-state index contributed by atoms with van der Waals surface area (Å²) in [5.74, 6) is -0.699. The van der Waals surface area contributed by atoms with Gasteiger partial charge in [-0.05, 0) is 25.5 Å². The van der Waals surface area contributed by atoms with Gasteiger partial charge in [0, 0.05) is 16.5 Å². The summed E-state index contributed by atoms with van der Waals surface area (Å²) in [6.45, 7) is 3.53. The minimum Gasteiger partial charge on any atom is -0.507 e. The van der Waals surface area contributed by atoms with Crippen LogP contribution in [0.4, 0.5) is 0 Å². The molecule has 84 valence electrons. The molecule has 2 N–H and O–H groups in total. The molecular formula is C12H12O4. The van der Waals surface area contributed by atoms with Crippen LogP contribution in [0.1, 0.15) is 16.7 Å². The van der Waals surface area contributed by atoms with E-state index in [9.17, 15) is 9.90 Å². The van der Waals surface area contributed by atoms with Gasteiger partial charge in [-0.2, -0.15) is 0 Å². The lowest BCUT2D eigenvalue weighted by Crippen LogP contribution is -1.98. The fourth-order valence-electron chi connectivity index (χ4n) is 1.84. The quantitative estimate of drug-likeness (QED) is 0.815. The third-order valence-corrected chi connectivity index (χ3v) is 2.68. The van der Waals surface area contributed by atoms with Crippen LogP contribution in [0.15, 0.2) is 16.7 Å². The number of hydrogen-bond acceptors (Lipinski definition) is 3. The van der Waals surface area contributed by atoms with Crippen molar-refractivity contribution in [3.63, 3.8) is 0 Å². The Morgan fingerprint density at radius 3 is 2.75 bits per heavy atom. The third kappa shape index (κ3) is 1.52. The number of phenolic OH excluding ortho intramolecular Hbond substituents is 1. The molecule has 0 saturated carbocycles. The molecule has 4 heteroatoms. The van der Waals surface area contributed by atoms with E-state index in [-0.39, 0.29) is 12.2 Å². The Hall–Kier alpha value is -1.97. The van der Waals surface area contributed by atoms with E-state index in [1.54, 1.807) is 19.9 Å². The van der Waals surface area contributed by atoms with Crippen molar-refractivity contribution in [2.75, 3.05) is 0 Å². The van der Waals surface area contributed by atoms with Crippen molar-refractivity contribution in [2.24, 2.45) is 0 Å². The van der Waals surface area contributed by atoms with Crippen LogP contribution in [0, 0.1) is 13.8 Å². The molecule has 0 bridgehead atoms. The number of aromatic hydroxyl groups is 1. The zero-order valence-corrected chi connectivity index (χ0v) is 9.07. The Kier molecular flexibility index (Phi) is 2.34. The molecule has 16 heavy (non-hydrogen) atoms. The van der Waals surface area contributed by atoms with Crippen LogP contribution < -0.4 is 0 Å². The van der Waals surface area contributed by atoms with Gasteiger partial charge in [-0.3, -0.25) is 4.79 Å². The molecule has 1 aromatic carbocycles. The predicted molar refractivity (Wildman–Crippen MR) is 58.7 cm³/mol. The third-order valence-electron chi connectivity index (χ3n) is 2.68. The van der Waals surface area contributed by atoms with Gasteiger partial charge in [0.05, 0.1) is 12.7 Å². The second kappa shape index (κ2) is 3.56. The summed E-state index contributed by atoms with van der Waals surface area (Å²) in [6, 6.07) is 1.75. The van der Waals surface area contributed by atoms with Crippen molar-refractivity contribution in [2.45, 2.75) is 20.3 Å². The molecule has 0 aliphatic carbocycles. The summed E-state index contributed by atoms with van der Waals surface area (Å²) in [5, 5.41) is 19.2. The van der Waals surface area contributed by atoms with Crippen molar-refractivity contribution in [1.82, 2.24) is 0 Å². The van der Waals surface area contributed by atoms with E-state index in [1.807, 2.05) is 0 Å². The normalized spacial score (nSPS) is 10.9. The summed E-state index contributed by atoms with van der Waals surface area (Å²) in [5.41, 5.74) is 2.55. The highest BCUT2D eigenvalue weighted by Gasteiger charge is 2.14. The summed E-state index contributed by atoms with van der Waals surface area (Å²) >= 11 is 0. The van der Waals surface area contributed by atoms with Crippen molar-refractivity contribution in [3.05, 3.63) is 29.0 Å². The Labute approximate surface area is 92.1 Å². The average Bonchev–Trinajstić information content (AvgIpc) is 2.58. The number of furan rings is 1. The molecule has 0 radical (unpaired) electrons. The second-order valence-electron chi connectivity index (χ2n) is 3.88. The number of carbonyl (C=O) groups is 1. The van der Waals surface area contributed by atoms with E-state index in [0.29, 0.717) is 16.7 Å². The molecule has 2 aromatic rings. The maximum Gasteiger partial charge on any atom is 0.307 e. The molecule has 0 aliphatic rings. The topological polar surface area (TPSA) is 70.7 Å². The van der Waals surface area contributed by atoms with Crippen LogP contribution >= 0.6 is 0 Å². The fraction of sp³-hybridized carbons (Fsp3) is 0.250. The summed E-state index contributed by atoms with van der Waals surface area (Å²) in [7, 11) is 0. The first-order valence-electron chi connectivity index (χ1n) is 4.91. The highest BCUT2D eigenvalue weighted by molar-refractivity contribution is 5.89. The van der Waals surface area contributed by atoms with Gasteiger partial charge in [0.15, 0.2) is 0 Å². The first-order chi connectivity index (χ1) is 7.50. The Balaban J connectivity index is 2.69. The lowest BCUT2D eigenvalue weighted by atomic mass is 10.0. The molecule has 1 aromatic heterocycles. The van der Waals surface area contributed by atoms with Crippen LogP contribution in [0.3, 0.4) is 0 Å². The molecule has 0 amide bonds. The predicted octanol–water partition coefficient (Wildman–Crippen LogP) is 2.38. The van der Waals surface area contributed by atoms with Crippen molar-refractivity contribution in [3.8, 4) is 5.75 Å². The lowest BCUT2D eigenvalue weighted by Gasteiger charge is -2.03. The van der Waals surface area contributed by atoms with E-state index in [4.69, 9.17) is 9.52 Å². The highest BCUT2D eigenvalue weighted by Crippen LogP contribution is 2.33. The van der Waals surface area contributed by atoms with E-state index in [2.05, 4.69) is 0 Å². The van der Waals surface area contributed by atoms with Crippen molar-refractivity contribution in [1.29, 1.82) is 0 Å². The molecular weight excluding hydrogens is 208 g/mol. The SMILES string of the molecule is Cc1cc2c(CC(=O)O)coc2c(C)c1O. The molecule has 2 rings (SSSR count). The summed E-state index contributed by atoms with van der Waals surface area (Å²) < 4.78 is 5.29. The van der Waals surface area contributed by atoms with E-state index in [0.717, 1.165) is 10.9 Å². The number of benzene rings is 1. The van der Waals surface area contributed by atoms with E-state index in [1.165, 1.54) is 6.26 Å². The molecule has 0 saturated heterocycles. The maximum absolute atomic E-state index is 10.7. The van der Waals surface area contributed by atoms with E-state index < -0.39 is 5.97 Å². The number of fused-ring (bicyclic) bond motifs is 1. The minimum absolute atomic E-state index is 0.0728. The number of rotatable bonds is 2. The maximum atomic E-state index is 10.7. The van der Waals surface area contributed by atoms with Gasteiger partial charge in [-0.15, -0.1) is 0 Å². The zero-order valence-electron chi connectivity index (χ0n) is 9.07. The first-order valence-corrected chi connectivity index (χ1v) is 4.91. The van der Waals surface area contributed by atoms with Gasteiger partial charge >= 0.3 is 5.97 Å². The number of carboxylic acid groups (broad SMARTS) is 1. The van der Waals surface area contributed by atoms with Gasteiger partial charge < -0.3 is 14.6 Å². The Bertz CT molecular complexity index is 566. The average molecular weight is 220 g/mol. The largest absolute Gasteiger partial charge is 0.507 e. The van der Waals surface area contributed by atoms with E-state index >= 15 is 0 Å². The standard InChI is InChI=1S/C12H12O4/c1-6-3-9-8(4-10(13)14)5-16-12(9)7(2)11(6)15/h3,5,15H,4H2,1-2H3,(H,13,14). The van der Waals surface area contributed by atoms with Crippen LogP contribution in [0.25, 0.3) is 11.0 Å². The Morgan fingerprint density at radius 2 is 2.12 bits per heavy atom. The van der Waals surface area contributed by atoms with Crippen molar-refractivity contribution < 1.29 is 19.4 Å².